The van der Waals surface area contributed by atoms with Gasteiger partial charge in [-0.1, -0.05) is 55.8 Å². The lowest BCUT2D eigenvalue weighted by atomic mass is 9.87. The van der Waals surface area contributed by atoms with Crippen molar-refractivity contribution >= 4 is 22.5 Å². The van der Waals surface area contributed by atoms with Gasteiger partial charge < -0.3 is 0 Å². The van der Waals surface area contributed by atoms with Gasteiger partial charge in [-0.3, -0.25) is 10.1 Å². The number of aromatic amines is 1. The number of aromatic nitrogens is 4. The van der Waals surface area contributed by atoms with Crippen LogP contribution in [0.25, 0.3) is 33.4 Å². The Bertz CT molecular complexity index is 1110. The Morgan fingerprint density at radius 1 is 1.07 bits per heavy atom. The highest BCUT2D eigenvalue weighted by molar-refractivity contribution is 6.31. The molecule has 2 aromatic carbocycles. The van der Waals surface area contributed by atoms with Crippen LogP contribution in [0.3, 0.4) is 0 Å². The van der Waals surface area contributed by atoms with Gasteiger partial charge in [-0.05, 0) is 24.5 Å². The van der Waals surface area contributed by atoms with Gasteiger partial charge in [-0.2, -0.15) is 5.10 Å². The minimum atomic E-state index is -0.469. The van der Waals surface area contributed by atoms with Crippen molar-refractivity contribution in [2.45, 2.75) is 32.6 Å². The van der Waals surface area contributed by atoms with Crippen LogP contribution in [-0.4, -0.2) is 20.2 Å². The largest absolute Gasteiger partial charge is 0.259 e. The Morgan fingerprint density at radius 3 is 2.46 bits per heavy atom. The second-order valence-corrected chi connectivity index (χ2v) is 7.15. The van der Waals surface area contributed by atoms with Crippen molar-refractivity contribution in [3.8, 4) is 22.5 Å². The highest BCUT2D eigenvalue weighted by Crippen LogP contribution is 2.42. The highest BCUT2D eigenvalue weighted by atomic mass is 35.5. The van der Waals surface area contributed by atoms with Crippen molar-refractivity contribution in [3.63, 3.8) is 0 Å². The second-order valence-electron chi connectivity index (χ2n) is 6.74. The van der Waals surface area contributed by atoms with Gasteiger partial charge in [0, 0.05) is 28.5 Å². The van der Waals surface area contributed by atoms with Crippen LogP contribution >= 0.6 is 11.6 Å². The summed E-state index contributed by atoms with van der Waals surface area (Å²) in [5.74, 6) is 0.393. The average Bonchev–Trinajstić information content (AvgIpc) is 3.24. The van der Waals surface area contributed by atoms with Crippen LogP contribution in [0.2, 0.25) is 5.02 Å². The Balaban J connectivity index is 2.20. The molecule has 0 aliphatic carbocycles. The van der Waals surface area contributed by atoms with Gasteiger partial charge in [0.1, 0.15) is 12.1 Å². The fourth-order valence-corrected chi connectivity index (χ4v) is 3.88. The van der Waals surface area contributed by atoms with Crippen LogP contribution in [0.15, 0.2) is 48.8 Å². The fourth-order valence-electron chi connectivity index (χ4n) is 3.72. The molecular weight excluding hydrogens is 375 g/mol. The predicted molar refractivity (Wildman–Crippen MR) is 111 cm³/mol. The van der Waals surface area contributed by atoms with E-state index in [9.17, 15) is 4.39 Å². The maximum absolute atomic E-state index is 14.3. The molecule has 0 saturated heterocycles. The first-order valence-electron chi connectivity index (χ1n) is 9.37. The van der Waals surface area contributed by atoms with Crippen molar-refractivity contribution in [1.29, 1.82) is 0 Å². The molecule has 0 fully saturated rings. The Morgan fingerprint density at radius 2 is 1.82 bits per heavy atom. The van der Waals surface area contributed by atoms with Crippen molar-refractivity contribution in [3.05, 3.63) is 65.3 Å². The van der Waals surface area contributed by atoms with Crippen molar-refractivity contribution < 1.29 is 4.39 Å². The van der Waals surface area contributed by atoms with Crippen molar-refractivity contribution in [2.24, 2.45) is 0 Å². The van der Waals surface area contributed by atoms with Gasteiger partial charge in [0.25, 0.3) is 0 Å². The number of halogens is 2. The zero-order chi connectivity index (χ0) is 19.7. The average molecular weight is 395 g/mol. The molecular formula is C22H20ClFN4. The molecule has 0 amide bonds. The summed E-state index contributed by atoms with van der Waals surface area (Å²) < 4.78 is 14.3. The van der Waals surface area contributed by atoms with Gasteiger partial charge in [-0.25, -0.2) is 9.37 Å². The van der Waals surface area contributed by atoms with Crippen LogP contribution in [0, 0.1) is 5.82 Å². The highest BCUT2D eigenvalue weighted by Gasteiger charge is 2.24. The molecule has 6 heteroatoms. The van der Waals surface area contributed by atoms with Crippen molar-refractivity contribution in [2.75, 3.05) is 0 Å². The second kappa shape index (κ2) is 7.68. The lowest BCUT2D eigenvalue weighted by Gasteiger charge is -2.21. The molecule has 0 spiro atoms. The predicted octanol–water partition coefficient (Wildman–Crippen LogP) is 6.38. The number of nitrogens with one attached hydrogen (secondary N) is 1. The standard InChI is InChI=1S/C22H20ClFN4/c1-3-13(4-2)21-20(22-25-12-26-28-22)19(14-8-6-5-7-9-14)15-10-16(23)17(24)11-18(15)27-21/h5-13H,3-4H2,1-2H3,(H,25,26,28). The fraction of sp³-hybridized carbons (Fsp3) is 0.227. The first-order valence-corrected chi connectivity index (χ1v) is 9.75. The first-order chi connectivity index (χ1) is 13.6. The summed E-state index contributed by atoms with van der Waals surface area (Å²) in [7, 11) is 0. The molecule has 0 unspecified atom stereocenters. The Kier molecular flexibility index (Phi) is 5.09. The van der Waals surface area contributed by atoms with Crippen LogP contribution in [0.4, 0.5) is 4.39 Å². The molecule has 1 N–H and O–H groups in total. The maximum atomic E-state index is 14.3. The number of fused-ring (bicyclic) bond motifs is 1. The van der Waals surface area contributed by atoms with E-state index in [1.165, 1.54) is 12.4 Å². The third-order valence-electron chi connectivity index (χ3n) is 5.14. The number of pyridine rings is 1. The molecule has 4 aromatic rings. The summed E-state index contributed by atoms with van der Waals surface area (Å²) in [6.07, 6.45) is 3.32. The molecule has 0 saturated carbocycles. The van der Waals surface area contributed by atoms with Gasteiger partial charge in [0.05, 0.1) is 16.2 Å². The minimum Gasteiger partial charge on any atom is -0.259 e. The van der Waals surface area contributed by atoms with E-state index in [-0.39, 0.29) is 10.9 Å². The van der Waals surface area contributed by atoms with E-state index in [4.69, 9.17) is 16.6 Å². The molecule has 0 bridgehead atoms. The SMILES string of the molecule is CCC(CC)c1nc2cc(F)c(Cl)cc2c(-c2ccccc2)c1-c1ncn[nH]1. The third kappa shape index (κ3) is 3.16. The summed E-state index contributed by atoms with van der Waals surface area (Å²) in [5, 5.41) is 7.90. The number of benzene rings is 2. The molecule has 2 aromatic heterocycles. The van der Waals surface area contributed by atoms with E-state index >= 15 is 0 Å². The number of H-pyrrole nitrogens is 1. The van der Waals surface area contributed by atoms with E-state index in [2.05, 4.69) is 29.0 Å². The lowest BCUT2D eigenvalue weighted by molar-refractivity contribution is 0.623. The third-order valence-corrected chi connectivity index (χ3v) is 5.43. The summed E-state index contributed by atoms with van der Waals surface area (Å²) in [5.41, 5.74) is 4.32. The summed E-state index contributed by atoms with van der Waals surface area (Å²) in [6, 6.07) is 13.1. The van der Waals surface area contributed by atoms with E-state index in [1.807, 2.05) is 30.3 Å². The molecule has 0 radical (unpaired) electrons. The zero-order valence-electron chi connectivity index (χ0n) is 15.7. The van der Waals surface area contributed by atoms with E-state index in [0.29, 0.717) is 11.3 Å². The van der Waals surface area contributed by atoms with Crippen LogP contribution in [-0.2, 0) is 0 Å². The van der Waals surface area contributed by atoms with Gasteiger partial charge in [0.2, 0.25) is 0 Å². The molecule has 4 nitrogen and oxygen atoms in total. The summed E-state index contributed by atoms with van der Waals surface area (Å²) >= 11 is 6.14. The zero-order valence-corrected chi connectivity index (χ0v) is 16.5. The number of hydrogen-bond acceptors (Lipinski definition) is 3. The van der Waals surface area contributed by atoms with Crippen molar-refractivity contribution in [1.82, 2.24) is 20.2 Å². The molecule has 0 aliphatic heterocycles. The monoisotopic (exact) mass is 394 g/mol. The van der Waals surface area contributed by atoms with Crippen LogP contribution < -0.4 is 0 Å². The van der Waals surface area contributed by atoms with Crippen LogP contribution in [0.1, 0.15) is 38.3 Å². The van der Waals surface area contributed by atoms with Gasteiger partial charge in [0.15, 0.2) is 5.82 Å². The van der Waals surface area contributed by atoms with E-state index in [1.54, 1.807) is 6.07 Å². The normalized spacial score (nSPS) is 11.5. The number of hydrogen-bond donors (Lipinski definition) is 1. The molecule has 2 heterocycles. The van der Waals surface area contributed by atoms with Crippen LogP contribution in [0.5, 0.6) is 0 Å². The summed E-state index contributed by atoms with van der Waals surface area (Å²) in [4.78, 5) is 9.29. The summed E-state index contributed by atoms with van der Waals surface area (Å²) in [6.45, 7) is 4.27. The topological polar surface area (TPSA) is 54.5 Å². The lowest BCUT2D eigenvalue weighted by Crippen LogP contribution is -2.06. The minimum absolute atomic E-state index is 0.0743. The van der Waals surface area contributed by atoms with Gasteiger partial charge in [-0.15, -0.1) is 0 Å². The van der Waals surface area contributed by atoms with E-state index in [0.717, 1.165) is 40.6 Å². The molecule has 28 heavy (non-hydrogen) atoms. The van der Waals surface area contributed by atoms with Gasteiger partial charge >= 0.3 is 0 Å². The maximum Gasteiger partial charge on any atom is 0.157 e. The first kappa shape index (κ1) is 18.6. The molecule has 0 aliphatic rings. The Hall–Kier alpha value is -2.79. The van der Waals surface area contributed by atoms with E-state index < -0.39 is 5.82 Å². The quantitative estimate of drug-likeness (QED) is 0.427. The Labute approximate surface area is 167 Å². The molecule has 142 valence electrons. The number of nitrogens with zero attached hydrogens (tertiary/aromatic N) is 3. The number of rotatable bonds is 5. The molecule has 4 rings (SSSR count). The smallest absolute Gasteiger partial charge is 0.157 e. The molecule has 0 atom stereocenters.